The fraction of sp³-hybridized carbons (Fsp3) is 0.351. The Morgan fingerprint density at radius 1 is 0.422 bits per heavy atom. The summed E-state index contributed by atoms with van der Waals surface area (Å²) in [5, 5.41) is 0. The Balaban J connectivity index is 1.23. The molecule has 0 unspecified atom stereocenters. The number of unbranched alkanes of at least 4 members (excludes halogenated alkanes) is 4. The van der Waals surface area contributed by atoms with Gasteiger partial charge >= 0.3 is 12.7 Å². The van der Waals surface area contributed by atoms with Gasteiger partial charge in [0, 0.05) is 0 Å². The first kappa shape index (κ1) is 33.9. The largest absolute Gasteiger partial charge is 0.573 e. The molecule has 0 bridgehead atoms. The Morgan fingerprint density at radius 2 is 0.711 bits per heavy atom. The summed E-state index contributed by atoms with van der Waals surface area (Å²) in [6.45, 7) is 8.33. The van der Waals surface area contributed by atoms with Gasteiger partial charge in [-0.15, -0.1) is 26.3 Å². The van der Waals surface area contributed by atoms with Crippen LogP contribution in [0, 0.1) is 27.7 Å². The Hall–Kier alpha value is -3.94. The van der Waals surface area contributed by atoms with Crippen molar-refractivity contribution in [2.24, 2.45) is 0 Å². The van der Waals surface area contributed by atoms with Crippen LogP contribution < -0.4 is 9.47 Å². The van der Waals surface area contributed by atoms with E-state index in [9.17, 15) is 26.3 Å². The van der Waals surface area contributed by atoms with E-state index < -0.39 is 12.7 Å². The summed E-state index contributed by atoms with van der Waals surface area (Å²) in [6.07, 6.45) is -1.86. The molecule has 0 N–H and O–H groups in total. The van der Waals surface area contributed by atoms with Gasteiger partial charge in [-0.25, -0.2) is 0 Å². The lowest BCUT2D eigenvalue weighted by Crippen LogP contribution is -2.16. The van der Waals surface area contributed by atoms with Crippen LogP contribution in [0.15, 0.2) is 72.8 Å². The molecule has 0 aliphatic rings. The van der Waals surface area contributed by atoms with E-state index in [1.807, 2.05) is 0 Å². The topological polar surface area (TPSA) is 18.5 Å². The van der Waals surface area contributed by atoms with Crippen molar-refractivity contribution in [3.05, 3.63) is 106 Å². The van der Waals surface area contributed by atoms with Gasteiger partial charge in [0.2, 0.25) is 0 Å². The fourth-order valence-electron chi connectivity index (χ4n) is 5.94. The number of aryl methyl sites for hydroxylation is 4. The molecule has 0 aliphatic carbocycles. The standard InChI is InChI=1S/C37H38F6O2/c1-24-20-30(28-12-16-32(17-13-28)44-36(38,39)40)21-25(2)34(24)10-8-6-5-7-9-11-35-26(3)22-31(23-27(35)4)29-14-18-33(19-15-29)45-37(41,42)43/h12-23H,5-11H2,1-4H3. The zero-order chi connectivity index (χ0) is 32.8. The quantitative estimate of drug-likeness (QED) is 0.115. The molecule has 0 saturated heterocycles. The maximum atomic E-state index is 12.5. The van der Waals surface area contributed by atoms with Crippen LogP contribution in [0.4, 0.5) is 26.3 Å². The minimum atomic E-state index is -4.71. The summed E-state index contributed by atoms with van der Waals surface area (Å²) in [5.74, 6) is -0.463. The Kier molecular flexibility index (Phi) is 10.9. The molecule has 0 spiro atoms. The maximum Gasteiger partial charge on any atom is 0.573 e. The Morgan fingerprint density at radius 3 is 1.00 bits per heavy atom. The maximum absolute atomic E-state index is 12.5. The van der Waals surface area contributed by atoms with Crippen LogP contribution in [0.1, 0.15) is 65.5 Å². The lowest BCUT2D eigenvalue weighted by molar-refractivity contribution is -0.275. The molecule has 0 saturated carbocycles. The molecule has 0 amide bonds. The molecule has 4 aromatic rings. The highest BCUT2D eigenvalue weighted by Crippen LogP contribution is 2.31. The highest BCUT2D eigenvalue weighted by molar-refractivity contribution is 5.68. The Labute approximate surface area is 261 Å². The molecule has 240 valence electrons. The normalized spacial score (nSPS) is 12.0. The van der Waals surface area contributed by atoms with Crippen LogP contribution in [0.25, 0.3) is 22.3 Å². The van der Waals surface area contributed by atoms with Crippen molar-refractivity contribution >= 4 is 0 Å². The van der Waals surface area contributed by atoms with Crippen LogP contribution in [0.5, 0.6) is 11.5 Å². The number of alkyl halides is 6. The average molecular weight is 629 g/mol. The van der Waals surface area contributed by atoms with Gasteiger partial charge in [0.05, 0.1) is 0 Å². The second-order valence-corrected chi connectivity index (χ2v) is 11.6. The average Bonchev–Trinajstić information content (AvgIpc) is 2.94. The van der Waals surface area contributed by atoms with Crippen LogP contribution in [-0.4, -0.2) is 12.7 Å². The van der Waals surface area contributed by atoms with Crippen molar-refractivity contribution < 1.29 is 35.8 Å². The first-order valence-corrected chi connectivity index (χ1v) is 15.1. The minimum absolute atomic E-state index is 0.231. The molecule has 8 heteroatoms. The first-order valence-electron chi connectivity index (χ1n) is 15.1. The minimum Gasteiger partial charge on any atom is -0.406 e. The summed E-state index contributed by atoms with van der Waals surface area (Å²) in [7, 11) is 0. The lowest BCUT2D eigenvalue weighted by Gasteiger charge is -2.14. The van der Waals surface area contributed by atoms with E-state index >= 15 is 0 Å². The van der Waals surface area contributed by atoms with Gasteiger partial charge in [-0.3, -0.25) is 0 Å². The van der Waals surface area contributed by atoms with Crippen molar-refractivity contribution in [2.75, 3.05) is 0 Å². The third kappa shape index (κ3) is 10.0. The van der Waals surface area contributed by atoms with Crippen LogP contribution in [0.2, 0.25) is 0 Å². The predicted molar refractivity (Wildman–Crippen MR) is 167 cm³/mol. The number of hydrogen-bond acceptors (Lipinski definition) is 2. The van der Waals surface area contributed by atoms with Crippen LogP contribution >= 0.6 is 0 Å². The molecule has 0 heterocycles. The molecule has 0 fully saturated rings. The van der Waals surface area contributed by atoms with Gasteiger partial charge in [0.25, 0.3) is 0 Å². The molecule has 4 rings (SSSR count). The van der Waals surface area contributed by atoms with Gasteiger partial charge in [-0.1, -0.05) is 67.8 Å². The second kappa shape index (κ2) is 14.4. The second-order valence-electron chi connectivity index (χ2n) is 11.6. The monoisotopic (exact) mass is 628 g/mol. The van der Waals surface area contributed by atoms with Crippen molar-refractivity contribution in [2.45, 2.75) is 85.4 Å². The van der Waals surface area contributed by atoms with Gasteiger partial charge in [-0.05, 0) is 133 Å². The van der Waals surface area contributed by atoms with Crippen molar-refractivity contribution in [3.8, 4) is 33.8 Å². The molecular weight excluding hydrogens is 590 g/mol. The highest BCUT2D eigenvalue weighted by Gasteiger charge is 2.31. The van der Waals surface area contributed by atoms with E-state index in [4.69, 9.17) is 0 Å². The van der Waals surface area contributed by atoms with E-state index in [0.29, 0.717) is 0 Å². The van der Waals surface area contributed by atoms with E-state index in [1.165, 1.54) is 57.6 Å². The van der Waals surface area contributed by atoms with Crippen LogP contribution in [0.3, 0.4) is 0 Å². The summed E-state index contributed by atoms with van der Waals surface area (Å²) in [4.78, 5) is 0. The molecule has 0 radical (unpaired) electrons. The summed E-state index contributed by atoms with van der Waals surface area (Å²) < 4.78 is 82.7. The predicted octanol–water partition coefficient (Wildman–Crippen LogP) is 11.8. The van der Waals surface area contributed by atoms with E-state index in [-0.39, 0.29) is 11.5 Å². The lowest BCUT2D eigenvalue weighted by atomic mass is 9.91. The molecule has 0 aliphatic heterocycles. The van der Waals surface area contributed by atoms with Crippen molar-refractivity contribution in [3.63, 3.8) is 0 Å². The summed E-state index contributed by atoms with van der Waals surface area (Å²) in [6, 6.07) is 20.3. The third-order valence-electron chi connectivity index (χ3n) is 8.09. The van der Waals surface area contributed by atoms with Gasteiger partial charge in [0.15, 0.2) is 0 Å². The highest BCUT2D eigenvalue weighted by atomic mass is 19.4. The van der Waals surface area contributed by atoms with Crippen LogP contribution in [-0.2, 0) is 12.8 Å². The Bertz CT molecular complexity index is 1400. The van der Waals surface area contributed by atoms with Crippen molar-refractivity contribution in [1.29, 1.82) is 0 Å². The summed E-state index contributed by atoms with van der Waals surface area (Å²) in [5.41, 5.74) is 11.0. The molecule has 0 atom stereocenters. The number of hydrogen-bond donors (Lipinski definition) is 0. The van der Waals surface area contributed by atoms with E-state index in [1.54, 1.807) is 24.3 Å². The van der Waals surface area contributed by atoms with Gasteiger partial charge in [0.1, 0.15) is 11.5 Å². The van der Waals surface area contributed by atoms with E-state index in [0.717, 1.165) is 67.2 Å². The van der Waals surface area contributed by atoms with Gasteiger partial charge in [-0.2, -0.15) is 0 Å². The molecule has 0 aromatic heterocycles. The molecular formula is C37H38F6O2. The molecule has 45 heavy (non-hydrogen) atoms. The van der Waals surface area contributed by atoms with Gasteiger partial charge < -0.3 is 9.47 Å². The fourth-order valence-corrected chi connectivity index (χ4v) is 5.94. The number of rotatable bonds is 12. The zero-order valence-corrected chi connectivity index (χ0v) is 26.0. The first-order chi connectivity index (χ1) is 21.2. The van der Waals surface area contributed by atoms with E-state index in [2.05, 4.69) is 61.4 Å². The smallest absolute Gasteiger partial charge is 0.406 e. The molecule has 4 aromatic carbocycles. The SMILES string of the molecule is Cc1cc(-c2ccc(OC(F)(F)F)cc2)cc(C)c1CCCCCCCc1c(C)cc(-c2ccc(OC(F)(F)F)cc2)cc1C. The number of halogens is 6. The number of benzene rings is 4. The van der Waals surface area contributed by atoms with Crippen molar-refractivity contribution in [1.82, 2.24) is 0 Å². The summed E-state index contributed by atoms with van der Waals surface area (Å²) >= 11 is 0. The third-order valence-corrected chi connectivity index (χ3v) is 8.09. The molecule has 2 nitrogen and oxygen atoms in total. The number of ether oxygens (including phenoxy) is 2. The zero-order valence-electron chi connectivity index (χ0n) is 26.0.